The fourth-order valence-corrected chi connectivity index (χ4v) is 2.77. The van der Waals surface area contributed by atoms with Crippen LogP contribution in [0.4, 0.5) is 0 Å². The van der Waals surface area contributed by atoms with Crippen LogP contribution in [0.1, 0.15) is 0 Å². The summed E-state index contributed by atoms with van der Waals surface area (Å²) in [5, 5.41) is 2.40. The molecule has 2 aromatic carbocycles. The van der Waals surface area contributed by atoms with E-state index in [4.69, 9.17) is 0 Å². The first-order chi connectivity index (χ1) is 7.75. The van der Waals surface area contributed by atoms with Crippen molar-refractivity contribution in [3.8, 4) is 0 Å². The first kappa shape index (κ1) is 11.3. The van der Waals surface area contributed by atoms with Crippen LogP contribution in [0.5, 0.6) is 0 Å². The van der Waals surface area contributed by atoms with Gasteiger partial charge in [0.2, 0.25) is 0 Å². The lowest BCUT2D eigenvalue weighted by Crippen LogP contribution is -2.02. The Morgan fingerprint density at radius 3 is 1.88 bits per heavy atom. The molecule has 0 radical (unpaired) electrons. The molecule has 0 saturated carbocycles. The van der Waals surface area contributed by atoms with E-state index in [1.807, 2.05) is 30.3 Å². The van der Waals surface area contributed by atoms with Crippen molar-refractivity contribution in [3.05, 3.63) is 54.6 Å². The average molecular weight is 250 g/mol. The zero-order chi connectivity index (χ0) is 11.4. The van der Waals surface area contributed by atoms with Crippen molar-refractivity contribution < 1.29 is 8.42 Å². The van der Waals surface area contributed by atoms with Crippen LogP contribution in [-0.2, 0) is 10.7 Å². The lowest BCUT2D eigenvalue weighted by Gasteiger charge is -2.01. The number of rotatable bonds is 3. The van der Waals surface area contributed by atoms with E-state index in [9.17, 15) is 8.42 Å². The highest BCUT2D eigenvalue weighted by Crippen LogP contribution is 2.11. The predicted octanol–water partition coefficient (Wildman–Crippen LogP) is 1.29. The fraction of sp³-hybridized carbons (Fsp3) is 0. The molecule has 0 fully saturated rings. The van der Waals surface area contributed by atoms with Crippen LogP contribution in [0.25, 0.3) is 0 Å². The van der Waals surface area contributed by atoms with Crippen molar-refractivity contribution >= 4 is 29.9 Å². The van der Waals surface area contributed by atoms with E-state index in [0.717, 1.165) is 5.30 Å². The minimum atomic E-state index is -2.46. The minimum absolute atomic E-state index is 0.372. The lowest BCUT2D eigenvalue weighted by atomic mass is 10.4. The van der Waals surface area contributed by atoms with Gasteiger partial charge < -0.3 is 0 Å². The Labute approximate surface area is 98.1 Å². The molecule has 0 heterocycles. The summed E-state index contributed by atoms with van der Waals surface area (Å²) < 4.78 is 21.4. The SMILES string of the molecule is O=[SH](=O)c1ccc(Pc2ccccc2)cc1. The van der Waals surface area contributed by atoms with Gasteiger partial charge in [0.1, 0.15) is 0 Å². The van der Waals surface area contributed by atoms with Gasteiger partial charge in [-0.2, -0.15) is 0 Å². The van der Waals surface area contributed by atoms with E-state index < -0.39 is 10.7 Å². The standard InChI is InChI=1S/C12H11O2PS/c13-16(14)12-8-6-11(7-9-12)15-10-4-2-1-3-5-10/h1-9,15-16H. The van der Waals surface area contributed by atoms with Crippen molar-refractivity contribution in [3.63, 3.8) is 0 Å². The maximum atomic E-state index is 10.7. The predicted molar refractivity (Wildman–Crippen MR) is 69.0 cm³/mol. The first-order valence-electron chi connectivity index (χ1n) is 4.82. The molecule has 0 amide bonds. The van der Waals surface area contributed by atoms with Crippen molar-refractivity contribution in [1.82, 2.24) is 0 Å². The molecule has 0 aliphatic heterocycles. The Kier molecular flexibility index (Phi) is 3.70. The fourth-order valence-electron chi connectivity index (χ4n) is 1.35. The van der Waals surface area contributed by atoms with Gasteiger partial charge in [-0.15, -0.1) is 0 Å². The molecular weight excluding hydrogens is 239 g/mol. The molecule has 0 aliphatic carbocycles. The summed E-state index contributed by atoms with van der Waals surface area (Å²) in [5.41, 5.74) is 0. The van der Waals surface area contributed by atoms with Crippen molar-refractivity contribution in [2.75, 3.05) is 0 Å². The number of thiol groups is 1. The summed E-state index contributed by atoms with van der Waals surface area (Å²) in [5.74, 6) is 0. The number of hydrogen-bond donors (Lipinski definition) is 1. The van der Waals surface area contributed by atoms with Gasteiger partial charge in [-0.3, -0.25) is 0 Å². The molecule has 4 heteroatoms. The maximum absolute atomic E-state index is 10.7. The summed E-state index contributed by atoms with van der Waals surface area (Å²) in [6, 6.07) is 17.2. The molecule has 0 bridgehead atoms. The van der Waals surface area contributed by atoms with Gasteiger partial charge in [0, 0.05) is 0 Å². The van der Waals surface area contributed by atoms with E-state index >= 15 is 0 Å². The second-order valence-electron chi connectivity index (χ2n) is 3.30. The third-order valence-corrected chi connectivity index (χ3v) is 4.10. The maximum Gasteiger partial charge on any atom is 0.168 e. The number of benzene rings is 2. The zero-order valence-electron chi connectivity index (χ0n) is 8.46. The Hall–Kier alpha value is -1.18. The van der Waals surface area contributed by atoms with E-state index in [2.05, 4.69) is 12.1 Å². The molecule has 1 unspecified atom stereocenters. The molecule has 16 heavy (non-hydrogen) atoms. The molecule has 0 N–H and O–H groups in total. The van der Waals surface area contributed by atoms with Gasteiger partial charge in [-0.25, -0.2) is 8.42 Å². The van der Waals surface area contributed by atoms with Crippen LogP contribution in [0.15, 0.2) is 59.5 Å². The highest BCUT2D eigenvalue weighted by molar-refractivity contribution is 7.72. The molecule has 1 atom stereocenters. The highest BCUT2D eigenvalue weighted by Gasteiger charge is 1.97. The van der Waals surface area contributed by atoms with Crippen LogP contribution >= 0.6 is 8.58 Å². The molecule has 0 aromatic heterocycles. The summed E-state index contributed by atoms with van der Waals surface area (Å²) in [6.45, 7) is 0. The van der Waals surface area contributed by atoms with Crippen LogP contribution in [0.2, 0.25) is 0 Å². The van der Waals surface area contributed by atoms with Gasteiger partial charge in [0.15, 0.2) is 10.7 Å². The van der Waals surface area contributed by atoms with Crippen molar-refractivity contribution in [2.24, 2.45) is 0 Å². The van der Waals surface area contributed by atoms with E-state index in [-0.39, 0.29) is 0 Å². The molecule has 2 nitrogen and oxygen atoms in total. The van der Waals surface area contributed by atoms with Crippen molar-refractivity contribution in [1.29, 1.82) is 0 Å². The Bertz CT molecular complexity index is 525. The van der Waals surface area contributed by atoms with Gasteiger partial charge in [0.05, 0.1) is 4.90 Å². The Balaban J connectivity index is 2.17. The average Bonchev–Trinajstić information content (AvgIpc) is 2.31. The smallest absolute Gasteiger partial charge is 0.168 e. The summed E-state index contributed by atoms with van der Waals surface area (Å²) in [7, 11) is -1.89. The van der Waals surface area contributed by atoms with Crippen LogP contribution in [0.3, 0.4) is 0 Å². The van der Waals surface area contributed by atoms with Crippen LogP contribution in [0, 0.1) is 0 Å². The van der Waals surface area contributed by atoms with Gasteiger partial charge in [0.25, 0.3) is 0 Å². The zero-order valence-corrected chi connectivity index (χ0v) is 10.4. The molecule has 0 spiro atoms. The normalized spacial score (nSPS) is 11.3. The monoisotopic (exact) mass is 250 g/mol. The summed E-state index contributed by atoms with van der Waals surface area (Å²) >= 11 is 0. The van der Waals surface area contributed by atoms with Crippen LogP contribution < -0.4 is 10.6 Å². The van der Waals surface area contributed by atoms with E-state index in [1.54, 1.807) is 12.1 Å². The first-order valence-corrected chi connectivity index (χ1v) is 7.00. The van der Waals surface area contributed by atoms with Gasteiger partial charge in [-0.1, -0.05) is 51.0 Å². The Morgan fingerprint density at radius 2 is 1.31 bits per heavy atom. The molecule has 2 rings (SSSR count). The number of hydrogen-bond acceptors (Lipinski definition) is 2. The third-order valence-electron chi connectivity index (χ3n) is 2.14. The van der Waals surface area contributed by atoms with E-state index in [0.29, 0.717) is 13.5 Å². The van der Waals surface area contributed by atoms with Gasteiger partial charge >= 0.3 is 0 Å². The van der Waals surface area contributed by atoms with Gasteiger partial charge in [-0.05, 0) is 22.7 Å². The topological polar surface area (TPSA) is 34.1 Å². The van der Waals surface area contributed by atoms with Crippen molar-refractivity contribution in [2.45, 2.75) is 4.90 Å². The largest absolute Gasteiger partial charge is 0.227 e. The minimum Gasteiger partial charge on any atom is -0.227 e. The highest BCUT2D eigenvalue weighted by atomic mass is 32.2. The second-order valence-corrected chi connectivity index (χ2v) is 5.73. The third kappa shape index (κ3) is 2.91. The summed E-state index contributed by atoms with van der Waals surface area (Å²) in [4.78, 5) is 0.372. The quantitative estimate of drug-likeness (QED) is 0.658. The Morgan fingerprint density at radius 1 is 0.750 bits per heavy atom. The molecule has 0 aliphatic rings. The molecule has 0 saturated heterocycles. The lowest BCUT2D eigenvalue weighted by molar-refractivity contribution is 0.614. The second kappa shape index (κ2) is 5.24. The molecule has 82 valence electrons. The van der Waals surface area contributed by atoms with Crippen LogP contribution in [-0.4, -0.2) is 8.42 Å². The molecule has 2 aromatic rings. The molecular formula is C12H11O2PS. The van der Waals surface area contributed by atoms with E-state index in [1.165, 1.54) is 5.30 Å². The summed E-state index contributed by atoms with van der Waals surface area (Å²) in [6.07, 6.45) is 0.